The second-order valence-corrected chi connectivity index (χ2v) is 4.73. The zero-order chi connectivity index (χ0) is 12.2. The SMILES string of the molecule is CCC(=N)/C(C)=C/C(=O)N(C)C(C)(C)C. The van der Waals surface area contributed by atoms with Crippen LogP contribution in [0.3, 0.4) is 0 Å². The molecule has 3 heteroatoms. The summed E-state index contributed by atoms with van der Waals surface area (Å²) in [4.78, 5) is 13.5. The van der Waals surface area contributed by atoms with E-state index >= 15 is 0 Å². The third-order valence-corrected chi connectivity index (χ3v) is 2.51. The molecule has 0 aliphatic carbocycles. The monoisotopic (exact) mass is 210 g/mol. The van der Waals surface area contributed by atoms with E-state index in [0.717, 1.165) is 5.57 Å². The molecule has 86 valence electrons. The number of amides is 1. The van der Waals surface area contributed by atoms with E-state index in [0.29, 0.717) is 12.1 Å². The van der Waals surface area contributed by atoms with Crippen molar-refractivity contribution in [1.29, 1.82) is 5.41 Å². The summed E-state index contributed by atoms with van der Waals surface area (Å²) in [5.41, 5.74) is 1.09. The van der Waals surface area contributed by atoms with Gasteiger partial charge < -0.3 is 10.3 Å². The summed E-state index contributed by atoms with van der Waals surface area (Å²) < 4.78 is 0. The van der Waals surface area contributed by atoms with E-state index in [9.17, 15) is 4.79 Å². The van der Waals surface area contributed by atoms with Gasteiger partial charge in [0.1, 0.15) is 0 Å². The third-order valence-electron chi connectivity index (χ3n) is 2.51. The molecule has 0 aliphatic heterocycles. The van der Waals surface area contributed by atoms with Gasteiger partial charge >= 0.3 is 0 Å². The van der Waals surface area contributed by atoms with Crippen molar-refractivity contribution in [2.75, 3.05) is 7.05 Å². The lowest BCUT2D eigenvalue weighted by atomic mass is 10.1. The number of hydrogen-bond acceptors (Lipinski definition) is 2. The normalized spacial score (nSPS) is 12.5. The van der Waals surface area contributed by atoms with Gasteiger partial charge in [-0.3, -0.25) is 4.79 Å². The van der Waals surface area contributed by atoms with Crippen molar-refractivity contribution in [3.63, 3.8) is 0 Å². The molecule has 0 heterocycles. The highest BCUT2D eigenvalue weighted by atomic mass is 16.2. The van der Waals surface area contributed by atoms with Crippen molar-refractivity contribution in [2.45, 2.75) is 46.6 Å². The standard InChI is InChI=1S/C12H22N2O/c1-7-10(13)9(2)8-11(15)14(6)12(3,4)5/h8,13H,7H2,1-6H3/b9-8+,13-10?. The molecule has 0 aromatic rings. The highest BCUT2D eigenvalue weighted by Gasteiger charge is 2.20. The average Bonchev–Trinajstić information content (AvgIpc) is 2.13. The third kappa shape index (κ3) is 4.28. The fourth-order valence-corrected chi connectivity index (χ4v) is 0.979. The molecule has 0 bridgehead atoms. The highest BCUT2D eigenvalue weighted by molar-refractivity contribution is 6.03. The van der Waals surface area contributed by atoms with Crippen LogP contribution in [0.1, 0.15) is 41.0 Å². The van der Waals surface area contributed by atoms with Gasteiger partial charge in [-0.2, -0.15) is 0 Å². The molecular weight excluding hydrogens is 188 g/mol. The maximum absolute atomic E-state index is 11.8. The van der Waals surface area contributed by atoms with Crippen LogP contribution in [-0.4, -0.2) is 29.1 Å². The molecule has 0 aliphatic rings. The molecule has 1 N–H and O–H groups in total. The molecule has 0 aromatic heterocycles. The van der Waals surface area contributed by atoms with Gasteiger partial charge in [0.05, 0.1) is 0 Å². The first-order valence-corrected chi connectivity index (χ1v) is 5.24. The fourth-order valence-electron chi connectivity index (χ4n) is 0.979. The molecule has 0 aromatic carbocycles. The zero-order valence-corrected chi connectivity index (χ0v) is 10.6. The summed E-state index contributed by atoms with van der Waals surface area (Å²) in [5.74, 6) is -0.0433. The predicted octanol–water partition coefficient (Wildman–Crippen LogP) is 2.62. The van der Waals surface area contributed by atoms with Gasteiger partial charge in [0, 0.05) is 24.4 Å². The Balaban J connectivity index is 4.69. The topological polar surface area (TPSA) is 44.2 Å². The van der Waals surface area contributed by atoms with E-state index in [4.69, 9.17) is 5.41 Å². The predicted molar refractivity (Wildman–Crippen MR) is 64.3 cm³/mol. The summed E-state index contributed by atoms with van der Waals surface area (Å²) in [6, 6.07) is 0. The largest absolute Gasteiger partial charge is 0.337 e. The van der Waals surface area contributed by atoms with Crippen molar-refractivity contribution >= 4 is 11.6 Å². The quantitative estimate of drug-likeness (QED) is 0.565. The summed E-state index contributed by atoms with van der Waals surface area (Å²) in [5, 5.41) is 7.59. The average molecular weight is 210 g/mol. The smallest absolute Gasteiger partial charge is 0.247 e. The molecule has 0 saturated carbocycles. The number of likely N-dealkylation sites (N-methyl/N-ethyl adjacent to an activating group) is 1. The first-order valence-electron chi connectivity index (χ1n) is 5.24. The molecule has 0 spiro atoms. The van der Waals surface area contributed by atoms with Gasteiger partial charge in [0.2, 0.25) is 5.91 Å². The van der Waals surface area contributed by atoms with Crippen LogP contribution >= 0.6 is 0 Å². The lowest BCUT2D eigenvalue weighted by Gasteiger charge is -2.31. The Hall–Kier alpha value is -1.12. The number of rotatable bonds is 3. The molecule has 0 rings (SSSR count). The molecule has 0 unspecified atom stereocenters. The maximum Gasteiger partial charge on any atom is 0.247 e. The fraction of sp³-hybridized carbons (Fsp3) is 0.667. The van der Waals surface area contributed by atoms with E-state index in [-0.39, 0.29) is 11.4 Å². The lowest BCUT2D eigenvalue weighted by molar-refractivity contribution is -0.128. The molecule has 0 saturated heterocycles. The second kappa shape index (κ2) is 5.10. The van der Waals surface area contributed by atoms with Crippen LogP contribution in [0, 0.1) is 5.41 Å². The number of carbonyl (C=O) groups is 1. The minimum Gasteiger partial charge on any atom is -0.337 e. The number of nitrogens with one attached hydrogen (secondary N) is 1. The Morgan fingerprint density at radius 3 is 2.20 bits per heavy atom. The van der Waals surface area contributed by atoms with Crippen molar-refractivity contribution in [3.8, 4) is 0 Å². The molecule has 0 fully saturated rings. The lowest BCUT2D eigenvalue weighted by Crippen LogP contribution is -2.41. The van der Waals surface area contributed by atoms with Crippen LogP contribution in [0.5, 0.6) is 0 Å². The van der Waals surface area contributed by atoms with Gasteiger partial charge in [0.25, 0.3) is 0 Å². The summed E-state index contributed by atoms with van der Waals surface area (Å²) >= 11 is 0. The zero-order valence-electron chi connectivity index (χ0n) is 10.6. The van der Waals surface area contributed by atoms with Crippen LogP contribution in [0.2, 0.25) is 0 Å². The van der Waals surface area contributed by atoms with Crippen molar-refractivity contribution in [1.82, 2.24) is 4.90 Å². The van der Waals surface area contributed by atoms with E-state index in [2.05, 4.69) is 0 Å². The van der Waals surface area contributed by atoms with Crippen molar-refractivity contribution in [2.24, 2.45) is 0 Å². The Bertz CT molecular complexity index is 284. The van der Waals surface area contributed by atoms with Gasteiger partial charge in [-0.1, -0.05) is 6.92 Å². The molecule has 15 heavy (non-hydrogen) atoms. The van der Waals surface area contributed by atoms with Crippen LogP contribution < -0.4 is 0 Å². The maximum atomic E-state index is 11.8. The number of allylic oxidation sites excluding steroid dienone is 1. The Labute approximate surface area is 92.7 Å². The van der Waals surface area contributed by atoms with Gasteiger partial charge in [0.15, 0.2) is 0 Å². The Morgan fingerprint density at radius 1 is 1.40 bits per heavy atom. The van der Waals surface area contributed by atoms with Crippen molar-refractivity contribution in [3.05, 3.63) is 11.6 Å². The van der Waals surface area contributed by atoms with Gasteiger partial charge in [-0.15, -0.1) is 0 Å². The van der Waals surface area contributed by atoms with Crippen molar-refractivity contribution < 1.29 is 4.79 Å². The summed E-state index contributed by atoms with van der Waals surface area (Å²) in [6.45, 7) is 9.68. The first kappa shape index (κ1) is 13.9. The molecule has 0 radical (unpaired) electrons. The Morgan fingerprint density at radius 2 is 1.87 bits per heavy atom. The first-order chi connectivity index (χ1) is 6.70. The second-order valence-electron chi connectivity index (χ2n) is 4.73. The van der Waals surface area contributed by atoms with Crippen LogP contribution in [0.25, 0.3) is 0 Å². The summed E-state index contributed by atoms with van der Waals surface area (Å²) in [6.07, 6.45) is 2.20. The Kier molecular flexibility index (Phi) is 4.72. The van der Waals surface area contributed by atoms with E-state index < -0.39 is 0 Å². The molecular formula is C12H22N2O. The van der Waals surface area contributed by atoms with Gasteiger partial charge in [-0.25, -0.2) is 0 Å². The van der Waals surface area contributed by atoms with Crippen LogP contribution in [0.4, 0.5) is 0 Å². The highest BCUT2D eigenvalue weighted by Crippen LogP contribution is 2.12. The van der Waals surface area contributed by atoms with E-state index in [1.807, 2.05) is 27.7 Å². The van der Waals surface area contributed by atoms with E-state index in [1.54, 1.807) is 18.9 Å². The minimum atomic E-state index is -0.178. The summed E-state index contributed by atoms with van der Waals surface area (Å²) in [7, 11) is 1.78. The van der Waals surface area contributed by atoms with Crippen LogP contribution in [-0.2, 0) is 4.79 Å². The molecule has 3 nitrogen and oxygen atoms in total. The molecule has 1 amide bonds. The van der Waals surface area contributed by atoms with Gasteiger partial charge in [-0.05, 0) is 39.7 Å². The number of hydrogen-bond donors (Lipinski definition) is 1. The number of nitrogens with zero attached hydrogens (tertiary/aromatic N) is 1. The molecule has 0 atom stereocenters. The number of carbonyl (C=O) groups excluding carboxylic acids is 1. The minimum absolute atomic E-state index is 0.0433. The van der Waals surface area contributed by atoms with E-state index in [1.165, 1.54) is 6.08 Å². The van der Waals surface area contributed by atoms with Crippen LogP contribution in [0.15, 0.2) is 11.6 Å².